The molecule has 2 rings (SSSR count). The number of nitrogens with one attached hydrogen (secondary N) is 5. The third kappa shape index (κ3) is 7.21. The van der Waals surface area contributed by atoms with Gasteiger partial charge in [0.1, 0.15) is 11.6 Å². The van der Waals surface area contributed by atoms with Crippen molar-refractivity contribution in [2.75, 3.05) is 25.5 Å². The van der Waals surface area contributed by atoms with Crippen molar-refractivity contribution in [1.29, 1.82) is 5.41 Å². The summed E-state index contributed by atoms with van der Waals surface area (Å²) in [6, 6.07) is 2.36. The van der Waals surface area contributed by atoms with Gasteiger partial charge in [0.15, 0.2) is 0 Å². The summed E-state index contributed by atoms with van der Waals surface area (Å²) in [6.07, 6.45) is 11.1. The van der Waals surface area contributed by atoms with Crippen LogP contribution in [0.4, 0.5) is 5.69 Å². The topological polar surface area (TPSA) is 99.0 Å². The monoisotopic (exact) mass is 495 g/mol. The SMILES string of the molecule is CC/C=C/C=C\C(=C(/C)OCCC)c1cc(NCC(=N)NNNC)c2c(n1)c(C)c(CC)n2C(C)C. The van der Waals surface area contributed by atoms with Crippen LogP contribution in [0.15, 0.2) is 36.1 Å². The third-order valence-electron chi connectivity index (χ3n) is 5.88. The minimum absolute atomic E-state index is 0.275. The van der Waals surface area contributed by atoms with Crippen LogP contribution in [0.25, 0.3) is 16.6 Å². The molecular formula is C28H45N7O. The van der Waals surface area contributed by atoms with Crippen molar-refractivity contribution in [1.82, 2.24) is 25.9 Å². The van der Waals surface area contributed by atoms with E-state index >= 15 is 0 Å². The number of aryl methyl sites for hydroxylation is 1. The van der Waals surface area contributed by atoms with Gasteiger partial charge in [0.2, 0.25) is 0 Å². The molecule has 0 bridgehead atoms. The Labute approximate surface area is 216 Å². The summed E-state index contributed by atoms with van der Waals surface area (Å²) < 4.78 is 8.43. The molecule has 0 aliphatic heterocycles. The predicted octanol–water partition coefficient (Wildman–Crippen LogP) is 5.79. The van der Waals surface area contributed by atoms with Crippen LogP contribution in [0, 0.1) is 12.3 Å². The van der Waals surface area contributed by atoms with Gasteiger partial charge in [0.05, 0.1) is 35.6 Å². The molecule has 2 heterocycles. The van der Waals surface area contributed by atoms with Crippen LogP contribution in [0.1, 0.15) is 77.4 Å². The number of nitrogens with zero attached hydrogens (tertiary/aromatic N) is 2. The molecule has 0 aromatic carbocycles. The highest BCUT2D eigenvalue weighted by Gasteiger charge is 2.21. The zero-order valence-corrected chi connectivity index (χ0v) is 23.3. The molecule has 0 fully saturated rings. The lowest BCUT2D eigenvalue weighted by Crippen LogP contribution is -2.46. The molecule has 2 aromatic rings. The van der Waals surface area contributed by atoms with Gasteiger partial charge in [-0.1, -0.05) is 39.0 Å². The Kier molecular flexibility index (Phi) is 11.7. The van der Waals surface area contributed by atoms with Gasteiger partial charge in [-0.05, 0) is 64.7 Å². The van der Waals surface area contributed by atoms with Crippen LogP contribution < -0.4 is 21.7 Å². The zero-order chi connectivity index (χ0) is 26.7. The van der Waals surface area contributed by atoms with Gasteiger partial charge in [-0.3, -0.25) is 10.8 Å². The van der Waals surface area contributed by atoms with E-state index in [1.807, 2.05) is 13.0 Å². The molecule has 0 saturated carbocycles. The molecule has 0 atom stereocenters. The van der Waals surface area contributed by atoms with E-state index in [1.165, 1.54) is 11.3 Å². The third-order valence-corrected chi connectivity index (χ3v) is 5.88. The molecule has 8 nitrogen and oxygen atoms in total. The van der Waals surface area contributed by atoms with Crippen LogP contribution in [0.3, 0.4) is 0 Å². The number of pyridine rings is 1. The van der Waals surface area contributed by atoms with Gasteiger partial charge in [-0.2, -0.15) is 5.53 Å². The van der Waals surface area contributed by atoms with Gasteiger partial charge >= 0.3 is 0 Å². The molecular weight excluding hydrogens is 450 g/mol. The quantitative estimate of drug-likeness (QED) is 0.0748. The minimum atomic E-state index is 0.275. The molecule has 0 unspecified atom stereocenters. The average molecular weight is 496 g/mol. The fourth-order valence-electron chi connectivity index (χ4n) is 4.22. The number of hydrazine groups is 2. The van der Waals surface area contributed by atoms with Crippen LogP contribution in [-0.4, -0.2) is 35.6 Å². The Bertz CT molecular complexity index is 1110. The number of aromatic nitrogens is 2. The Hall–Kier alpha value is -3.10. The Morgan fingerprint density at radius 3 is 2.58 bits per heavy atom. The number of rotatable bonds is 14. The van der Waals surface area contributed by atoms with Crippen molar-refractivity contribution >= 4 is 28.1 Å². The van der Waals surface area contributed by atoms with E-state index in [-0.39, 0.29) is 6.04 Å². The molecule has 5 N–H and O–H groups in total. The van der Waals surface area contributed by atoms with Crippen molar-refractivity contribution in [2.45, 2.75) is 73.8 Å². The van der Waals surface area contributed by atoms with E-state index in [1.54, 1.807) is 7.05 Å². The van der Waals surface area contributed by atoms with E-state index in [9.17, 15) is 0 Å². The molecule has 0 aliphatic carbocycles. The number of anilines is 1. The summed E-state index contributed by atoms with van der Waals surface area (Å²) in [4.78, 5) is 5.19. The molecule has 0 saturated heterocycles. The van der Waals surface area contributed by atoms with Crippen LogP contribution in [0.5, 0.6) is 0 Å². The maximum atomic E-state index is 8.24. The number of hydrogen-bond acceptors (Lipinski definition) is 6. The number of fused-ring (bicyclic) bond motifs is 1. The first-order valence-corrected chi connectivity index (χ1v) is 13.0. The van der Waals surface area contributed by atoms with E-state index in [4.69, 9.17) is 15.1 Å². The van der Waals surface area contributed by atoms with Crippen LogP contribution in [-0.2, 0) is 11.2 Å². The summed E-state index contributed by atoms with van der Waals surface area (Å²) in [5.41, 5.74) is 15.6. The van der Waals surface area contributed by atoms with Gasteiger partial charge < -0.3 is 14.6 Å². The molecule has 198 valence electrons. The first-order chi connectivity index (χ1) is 17.3. The largest absolute Gasteiger partial charge is 0.498 e. The lowest BCUT2D eigenvalue weighted by molar-refractivity contribution is 0.216. The Balaban J connectivity index is 2.75. The van der Waals surface area contributed by atoms with E-state index in [0.29, 0.717) is 19.0 Å². The van der Waals surface area contributed by atoms with Crippen LogP contribution in [0.2, 0.25) is 0 Å². The van der Waals surface area contributed by atoms with E-state index < -0.39 is 0 Å². The zero-order valence-electron chi connectivity index (χ0n) is 23.3. The minimum Gasteiger partial charge on any atom is -0.498 e. The van der Waals surface area contributed by atoms with E-state index in [0.717, 1.165) is 53.0 Å². The van der Waals surface area contributed by atoms with Crippen molar-refractivity contribution in [3.05, 3.63) is 53.1 Å². The Morgan fingerprint density at radius 2 is 1.97 bits per heavy atom. The molecule has 36 heavy (non-hydrogen) atoms. The fraction of sp³-hybridized carbons (Fsp3) is 0.500. The number of amidine groups is 1. The number of ether oxygens (including phenoxy) is 1. The normalized spacial score (nSPS) is 12.7. The van der Waals surface area contributed by atoms with Crippen molar-refractivity contribution in [3.63, 3.8) is 0 Å². The van der Waals surface area contributed by atoms with Crippen molar-refractivity contribution in [3.8, 4) is 0 Å². The highest BCUT2D eigenvalue weighted by Crippen LogP contribution is 2.36. The first-order valence-electron chi connectivity index (χ1n) is 13.0. The van der Waals surface area contributed by atoms with Gasteiger partial charge in [-0.15, -0.1) is 0 Å². The van der Waals surface area contributed by atoms with Crippen molar-refractivity contribution < 1.29 is 4.74 Å². The maximum Gasteiger partial charge on any atom is 0.128 e. The van der Waals surface area contributed by atoms with Gasteiger partial charge in [-0.25, -0.2) is 10.4 Å². The summed E-state index contributed by atoms with van der Waals surface area (Å²) in [7, 11) is 1.75. The van der Waals surface area contributed by atoms with Gasteiger partial charge in [0, 0.05) is 24.4 Å². The summed E-state index contributed by atoms with van der Waals surface area (Å²) >= 11 is 0. The second-order valence-electron chi connectivity index (χ2n) is 8.99. The molecule has 2 aromatic heterocycles. The summed E-state index contributed by atoms with van der Waals surface area (Å²) in [6.45, 7) is 16.0. The molecule has 0 amide bonds. The fourth-order valence-corrected chi connectivity index (χ4v) is 4.22. The number of allylic oxidation sites excluding steroid dienone is 6. The first kappa shape index (κ1) is 29.1. The lowest BCUT2D eigenvalue weighted by Gasteiger charge is -2.18. The highest BCUT2D eigenvalue weighted by atomic mass is 16.5. The highest BCUT2D eigenvalue weighted by molar-refractivity contribution is 5.96. The maximum absolute atomic E-state index is 8.24. The molecule has 0 aliphatic rings. The summed E-state index contributed by atoms with van der Waals surface area (Å²) in [5, 5.41) is 11.7. The van der Waals surface area contributed by atoms with Gasteiger partial charge in [0.25, 0.3) is 0 Å². The Morgan fingerprint density at radius 1 is 1.22 bits per heavy atom. The second kappa shape index (κ2) is 14.5. The van der Waals surface area contributed by atoms with Crippen LogP contribution >= 0.6 is 0 Å². The van der Waals surface area contributed by atoms with Crippen molar-refractivity contribution in [2.24, 2.45) is 0 Å². The van der Waals surface area contributed by atoms with E-state index in [2.05, 4.69) is 92.1 Å². The standard InChI is InChI=1S/C28H45N7O/c1-9-12-13-14-15-22(21(7)36-16-10-2)23-17-24(31-18-26(29)33-34-30-8)28-27(32-23)20(6)25(11-3)35(28)19(4)5/h12-15,17,19,30,34H,9-11,16,18H2,1-8H3,(H2,29,33)(H,31,32)/b13-12+,15-14-,22-21-. The predicted molar refractivity (Wildman–Crippen MR) is 153 cm³/mol. The lowest BCUT2D eigenvalue weighted by atomic mass is 10.1. The summed E-state index contributed by atoms with van der Waals surface area (Å²) in [5.74, 6) is 1.16. The average Bonchev–Trinajstić information content (AvgIpc) is 3.16. The second-order valence-corrected chi connectivity index (χ2v) is 8.99. The number of hydrogen-bond donors (Lipinski definition) is 5. The molecule has 0 radical (unpaired) electrons. The molecule has 0 spiro atoms. The smallest absolute Gasteiger partial charge is 0.128 e. The molecule has 8 heteroatoms.